The summed E-state index contributed by atoms with van der Waals surface area (Å²) in [5, 5.41) is 0. The first-order valence-electron chi connectivity index (χ1n) is 8.06. The topological polar surface area (TPSA) is 0 Å². The Morgan fingerprint density at radius 2 is 1.09 bits per heavy atom. The highest BCUT2D eigenvalue weighted by molar-refractivity contribution is 5.66. The van der Waals surface area contributed by atoms with E-state index in [2.05, 4.69) is 102 Å². The standard InChI is InChI=1S/C22H28/c1-21(2,3)20(22(4,5)6)16-17-12-14-19(15-13-17)18-10-8-7-9-11-18/h7-16H,1-6H3. The molecule has 22 heavy (non-hydrogen) atoms. The molecule has 0 unspecified atom stereocenters. The second-order valence-corrected chi connectivity index (χ2v) is 8.05. The molecule has 0 saturated carbocycles. The van der Waals surface area contributed by atoms with Crippen LogP contribution < -0.4 is 0 Å². The predicted molar refractivity (Wildman–Crippen MR) is 98.8 cm³/mol. The third kappa shape index (κ3) is 4.10. The van der Waals surface area contributed by atoms with E-state index in [0.29, 0.717) is 0 Å². The molecule has 0 aliphatic heterocycles. The monoisotopic (exact) mass is 292 g/mol. The molecule has 0 aliphatic carbocycles. The first-order chi connectivity index (χ1) is 10.2. The molecular formula is C22H28. The van der Waals surface area contributed by atoms with Gasteiger partial charge in [-0.1, -0.05) is 108 Å². The average molecular weight is 292 g/mol. The fourth-order valence-corrected chi connectivity index (χ4v) is 3.13. The van der Waals surface area contributed by atoms with Gasteiger partial charge in [-0.05, 0) is 27.5 Å². The van der Waals surface area contributed by atoms with Gasteiger partial charge in [-0.25, -0.2) is 0 Å². The van der Waals surface area contributed by atoms with Crippen LogP contribution in [0.25, 0.3) is 17.2 Å². The molecule has 0 amide bonds. The van der Waals surface area contributed by atoms with E-state index in [-0.39, 0.29) is 10.8 Å². The lowest BCUT2D eigenvalue weighted by Crippen LogP contribution is -2.22. The minimum absolute atomic E-state index is 0.177. The summed E-state index contributed by atoms with van der Waals surface area (Å²) in [4.78, 5) is 0. The summed E-state index contributed by atoms with van der Waals surface area (Å²) in [6.07, 6.45) is 2.36. The van der Waals surface area contributed by atoms with E-state index in [4.69, 9.17) is 0 Å². The van der Waals surface area contributed by atoms with Gasteiger partial charge in [0.15, 0.2) is 0 Å². The van der Waals surface area contributed by atoms with Gasteiger partial charge in [0, 0.05) is 0 Å². The van der Waals surface area contributed by atoms with Gasteiger partial charge in [0.1, 0.15) is 0 Å². The largest absolute Gasteiger partial charge is 0.0622 e. The molecule has 2 rings (SSSR count). The molecule has 0 heteroatoms. The predicted octanol–water partition coefficient (Wildman–Crippen LogP) is 6.83. The zero-order valence-corrected chi connectivity index (χ0v) is 14.8. The second kappa shape index (κ2) is 6.12. The Morgan fingerprint density at radius 3 is 1.55 bits per heavy atom. The van der Waals surface area contributed by atoms with Crippen molar-refractivity contribution in [2.24, 2.45) is 10.8 Å². The highest BCUT2D eigenvalue weighted by Crippen LogP contribution is 2.40. The first kappa shape index (κ1) is 16.5. The lowest BCUT2D eigenvalue weighted by Gasteiger charge is -2.34. The van der Waals surface area contributed by atoms with Gasteiger partial charge in [0.2, 0.25) is 0 Å². The summed E-state index contributed by atoms with van der Waals surface area (Å²) in [6.45, 7) is 13.8. The highest BCUT2D eigenvalue weighted by Gasteiger charge is 2.27. The van der Waals surface area contributed by atoms with Crippen molar-refractivity contribution in [1.82, 2.24) is 0 Å². The van der Waals surface area contributed by atoms with Crippen LogP contribution in [0, 0.1) is 10.8 Å². The van der Waals surface area contributed by atoms with Crippen LogP contribution >= 0.6 is 0 Å². The van der Waals surface area contributed by atoms with Crippen molar-refractivity contribution >= 4 is 6.08 Å². The Labute approximate surface area is 135 Å². The lowest BCUT2D eigenvalue weighted by atomic mass is 9.71. The third-order valence-corrected chi connectivity index (χ3v) is 3.94. The van der Waals surface area contributed by atoms with Crippen molar-refractivity contribution in [3.8, 4) is 11.1 Å². The minimum atomic E-state index is 0.177. The van der Waals surface area contributed by atoms with E-state index >= 15 is 0 Å². The molecular weight excluding hydrogens is 264 g/mol. The molecule has 0 aromatic heterocycles. The lowest BCUT2D eigenvalue weighted by molar-refractivity contribution is 0.367. The SMILES string of the molecule is CC(C)(C)C(=Cc1ccc(-c2ccccc2)cc1)C(C)(C)C. The quantitative estimate of drug-likeness (QED) is 0.569. The number of hydrogen-bond donors (Lipinski definition) is 0. The molecule has 0 heterocycles. The van der Waals surface area contributed by atoms with Crippen molar-refractivity contribution < 1.29 is 0 Å². The van der Waals surface area contributed by atoms with Crippen molar-refractivity contribution in [2.45, 2.75) is 41.5 Å². The van der Waals surface area contributed by atoms with Crippen LogP contribution in [0.15, 0.2) is 60.2 Å². The Bertz CT molecular complexity index is 613. The van der Waals surface area contributed by atoms with E-state index in [1.165, 1.54) is 22.3 Å². The molecule has 0 saturated heterocycles. The fraction of sp³-hybridized carbons (Fsp3) is 0.364. The van der Waals surface area contributed by atoms with Crippen LogP contribution in [0.4, 0.5) is 0 Å². The van der Waals surface area contributed by atoms with E-state index in [1.54, 1.807) is 0 Å². The molecule has 0 N–H and O–H groups in total. The van der Waals surface area contributed by atoms with Gasteiger partial charge in [0.25, 0.3) is 0 Å². The summed E-state index contributed by atoms with van der Waals surface area (Å²) in [7, 11) is 0. The fourth-order valence-electron chi connectivity index (χ4n) is 3.13. The van der Waals surface area contributed by atoms with Crippen LogP contribution in [-0.4, -0.2) is 0 Å². The Kier molecular flexibility index (Phi) is 4.60. The van der Waals surface area contributed by atoms with E-state index < -0.39 is 0 Å². The maximum Gasteiger partial charge on any atom is -0.0164 e. The van der Waals surface area contributed by atoms with Gasteiger partial charge in [-0.3, -0.25) is 0 Å². The Balaban J connectivity index is 2.36. The Morgan fingerprint density at radius 1 is 0.636 bits per heavy atom. The van der Waals surface area contributed by atoms with Crippen molar-refractivity contribution in [3.05, 3.63) is 65.7 Å². The third-order valence-electron chi connectivity index (χ3n) is 3.94. The molecule has 0 spiro atoms. The van der Waals surface area contributed by atoms with Crippen LogP contribution in [0.5, 0.6) is 0 Å². The van der Waals surface area contributed by atoms with Crippen LogP contribution in [0.2, 0.25) is 0 Å². The summed E-state index contributed by atoms with van der Waals surface area (Å²) >= 11 is 0. The number of hydrogen-bond acceptors (Lipinski definition) is 0. The molecule has 0 bridgehead atoms. The molecule has 0 aliphatic rings. The minimum Gasteiger partial charge on any atom is -0.0622 e. The van der Waals surface area contributed by atoms with E-state index in [9.17, 15) is 0 Å². The maximum absolute atomic E-state index is 2.36. The van der Waals surface area contributed by atoms with Gasteiger partial charge in [0.05, 0.1) is 0 Å². The summed E-state index contributed by atoms with van der Waals surface area (Å²) < 4.78 is 0. The van der Waals surface area contributed by atoms with Crippen LogP contribution in [-0.2, 0) is 0 Å². The molecule has 0 fully saturated rings. The molecule has 0 nitrogen and oxygen atoms in total. The van der Waals surface area contributed by atoms with Gasteiger partial charge in [-0.15, -0.1) is 0 Å². The number of allylic oxidation sites excluding steroid dienone is 1. The van der Waals surface area contributed by atoms with E-state index in [0.717, 1.165) is 0 Å². The zero-order valence-electron chi connectivity index (χ0n) is 14.8. The van der Waals surface area contributed by atoms with Crippen molar-refractivity contribution in [1.29, 1.82) is 0 Å². The number of benzene rings is 2. The molecule has 2 aromatic rings. The molecule has 2 aromatic carbocycles. The highest BCUT2D eigenvalue weighted by atomic mass is 14.3. The zero-order chi connectivity index (χ0) is 16.4. The second-order valence-electron chi connectivity index (χ2n) is 8.05. The number of rotatable bonds is 2. The summed E-state index contributed by atoms with van der Waals surface area (Å²) in [5.41, 5.74) is 5.65. The molecule has 116 valence electrons. The van der Waals surface area contributed by atoms with Gasteiger partial charge < -0.3 is 0 Å². The van der Waals surface area contributed by atoms with Crippen molar-refractivity contribution in [2.75, 3.05) is 0 Å². The van der Waals surface area contributed by atoms with Gasteiger partial charge >= 0.3 is 0 Å². The smallest absolute Gasteiger partial charge is 0.0164 e. The summed E-state index contributed by atoms with van der Waals surface area (Å²) in [6, 6.07) is 19.4. The normalized spacial score (nSPS) is 12.1. The van der Waals surface area contributed by atoms with Crippen LogP contribution in [0.3, 0.4) is 0 Å². The summed E-state index contributed by atoms with van der Waals surface area (Å²) in [5.74, 6) is 0. The van der Waals surface area contributed by atoms with E-state index in [1.807, 2.05) is 0 Å². The van der Waals surface area contributed by atoms with Crippen molar-refractivity contribution in [3.63, 3.8) is 0 Å². The molecule has 0 radical (unpaired) electrons. The van der Waals surface area contributed by atoms with Gasteiger partial charge in [-0.2, -0.15) is 0 Å². The first-order valence-corrected chi connectivity index (χ1v) is 8.06. The van der Waals surface area contributed by atoms with Crippen LogP contribution in [0.1, 0.15) is 47.1 Å². The Hall–Kier alpha value is -1.82. The average Bonchev–Trinajstić information content (AvgIpc) is 2.44. The molecule has 0 atom stereocenters. The maximum atomic E-state index is 2.36.